The molecule has 1 unspecified atom stereocenters. The van der Waals surface area contributed by atoms with E-state index in [1.54, 1.807) is 13.4 Å². The van der Waals surface area contributed by atoms with Crippen LogP contribution in [0.15, 0.2) is 12.4 Å². The molecule has 0 radical (unpaired) electrons. The number of hydrogen-bond donors (Lipinski definition) is 1. The number of rotatable bonds is 8. The lowest BCUT2D eigenvalue weighted by molar-refractivity contribution is 0.196. The van der Waals surface area contributed by atoms with E-state index in [4.69, 9.17) is 4.74 Å². The topological polar surface area (TPSA) is 50.3 Å². The van der Waals surface area contributed by atoms with Crippen molar-refractivity contribution in [2.24, 2.45) is 0 Å². The van der Waals surface area contributed by atoms with Gasteiger partial charge in [0.25, 0.3) is 0 Å². The van der Waals surface area contributed by atoms with E-state index in [0.717, 1.165) is 37.6 Å². The summed E-state index contributed by atoms with van der Waals surface area (Å²) in [6.45, 7) is 5.99. The molecule has 1 N–H and O–H groups in total. The highest BCUT2D eigenvalue weighted by atomic mass is 16.5. The minimum absolute atomic E-state index is 0.423. The first-order valence-electron chi connectivity index (χ1n) is 6.46. The molecule has 0 spiro atoms. The first-order valence-corrected chi connectivity index (χ1v) is 6.46. The second-order valence-corrected chi connectivity index (χ2v) is 4.48. The Kier molecular flexibility index (Phi) is 6.43. The molecule has 0 aliphatic rings. The molecule has 0 bridgehead atoms. The van der Waals surface area contributed by atoms with Crippen molar-refractivity contribution in [2.45, 2.75) is 32.7 Å². The Morgan fingerprint density at radius 1 is 1.44 bits per heavy atom. The van der Waals surface area contributed by atoms with Crippen LogP contribution in [0.25, 0.3) is 0 Å². The van der Waals surface area contributed by atoms with E-state index in [1.807, 2.05) is 13.1 Å². The van der Waals surface area contributed by atoms with Crippen molar-refractivity contribution in [2.75, 3.05) is 37.5 Å². The zero-order valence-electron chi connectivity index (χ0n) is 11.8. The van der Waals surface area contributed by atoms with Crippen molar-refractivity contribution in [1.82, 2.24) is 9.97 Å². The molecule has 0 amide bonds. The predicted molar refractivity (Wildman–Crippen MR) is 75.2 cm³/mol. The fourth-order valence-corrected chi connectivity index (χ4v) is 1.55. The van der Waals surface area contributed by atoms with Crippen molar-refractivity contribution in [3.05, 3.63) is 12.4 Å². The van der Waals surface area contributed by atoms with Gasteiger partial charge < -0.3 is 15.0 Å². The van der Waals surface area contributed by atoms with Gasteiger partial charge in [-0.05, 0) is 19.8 Å². The Bertz CT molecular complexity index is 346. The number of aromatic nitrogens is 2. The molecule has 0 saturated carbocycles. The number of hydrogen-bond acceptors (Lipinski definition) is 5. The molecular weight excluding hydrogens is 228 g/mol. The normalized spacial score (nSPS) is 12.2. The van der Waals surface area contributed by atoms with Crippen LogP contribution < -0.4 is 10.2 Å². The maximum atomic E-state index is 5.05. The van der Waals surface area contributed by atoms with Crippen LogP contribution in [0, 0.1) is 0 Å². The first-order chi connectivity index (χ1) is 8.67. The van der Waals surface area contributed by atoms with Gasteiger partial charge in [-0.2, -0.15) is 0 Å². The highest BCUT2D eigenvalue weighted by Crippen LogP contribution is 2.14. The lowest BCUT2D eigenvalue weighted by atomic mass is 10.2. The van der Waals surface area contributed by atoms with E-state index in [9.17, 15) is 0 Å². The molecule has 0 aliphatic carbocycles. The summed E-state index contributed by atoms with van der Waals surface area (Å²) >= 11 is 0. The first kappa shape index (κ1) is 14.7. The van der Waals surface area contributed by atoms with Crippen LogP contribution in [0.4, 0.5) is 11.6 Å². The quantitative estimate of drug-likeness (QED) is 0.718. The van der Waals surface area contributed by atoms with Crippen LogP contribution in [0.3, 0.4) is 0 Å². The summed E-state index contributed by atoms with van der Waals surface area (Å²) in [6.07, 6.45) is 3.67. The molecule has 1 heterocycles. The van der Waals surface area contributed by atoms with Crippen LogP contribution in [0.5, 0.6) is 0 Å². The molecule has 5 heteroatoms. The molecule has 1 rings (SSSR count). The van der Waals surface area contributed by atoms with E-state index >= 15 is 0 Å². The molecular formula is C13H24N4O. The Balaban J connectivity index is 2.57. The maximum absolute atomic E-state index is 5.05. The third-order valence-electron chi connectivity index (χ3n) is 2.89. The van der Waals surface area contributed by atoms with Gasteiger partial charge in [0.2, 0.25) is 0 Å². The van der Waals surface area contributed by atoms with Crippen molar-refractivity contribution in [3.8, 4) is 0 Å². The van der Waals surface area contributed by atoms with Crippen LogP contribution in [0.1, 0.15) is 26.7 Å². The molecule has 0 saturated heterocycles. The SMILES string of the molecule is CCC(C)Nc1cc(N(C)CCCOC)ncn1. The van der Waals surface area contributed by atoms with Crippen molar-refractivity contribution >= 4 is 11.6 Å². The van der Waals surface area contributed by atoms with Crippen LogP contribution in [-0.2, 0) is 4.74 Å². The number of methoxy groups -OCH3 is 1. The number of anilines is 2. The summed E-state index contributed by atoms with van der Waals surface area (Å²) < 4.78 is 5.05. The van der Waals surface area contributed by atoms with E-state index in [1.165, 1.54) is 0 Å². The van der Waals surface area contributed by atoms with Crippen LogP contribution in [0.2, 0.25) is 0 Å². The van der Waals surface area contributed by atoms with Gasteiger partial charge in [-0.1, -0.05) is 6.92 Å². The number of nitrogens with one attached hydrogen (secondary N) is 1. The molecule has 0 fully saturated rings. The van der Waals surface area contributed by atoms with E-state index in [0.29, 0.717) is 6.04 Å². The Hall–Kier alpha value is -1.36. The highest BCUT2D eigenvalue weighted by molar-refractivity contribution is 5.48. The predicted octanol–water partition coefficient (Wildman–Crippen LogP) is 2.16. The summed E-state index contributed by atoms with van der Waals surface area (Å²) in [5.74, 6) is 1.82. The van der Waals surface area contributed by atoms with Gasteiger partial charge in [0, 0.05) is 39.4 Å². The summed E-state index contributed by atoms with van der Waals surface area (Å²) in [5, 5.41) is 3.35. The zero-order chi connectivity index (χ0) is 13.4. The molecule has 5 nitrogen and oxygen atoms in total. The Morgan fingerprint density at radius 2 is 2.22 bits per heavy atom. The van der Waals surface area contributed by atoms with Gasteiger partial charge in [-0.3, -0.25) is 0 Å². The monoisotopic (exact) mass is 252 g/mol. The van der Waals surface area contributed by atoms with Crippen molar-refractivity contribution in [3.63, 3.8) is 0 Å². The number of ether oxygens (including phenoxy) is 1. The fourth-order valence-electron chi connectivity index (χ4n) is 1.55. The third-order valence-corrected chi connectivity index (χ3v) is 2.89. The smallest absolute Gasteiger partial charge is 0.133 e. The van der Waals surface area contributed by atoms with Gasteiger partial charge in [-0.25, -0.2) is 9.97 Å². The molecule has 0 aromatic carbocycles. The fraction of sp³-hybridized carbons (Fsp3) is 0.692. The van der Waals surface area contributed by atoms with Crippen LogP contribution in [-0.4, -0.2) is 43.3 Å². The summed E-state index contributed by atoms with van der Waals surface area (Å²) in [6, 6.07) is 2.41. The molecule has 102 valence electrons. The van der Waals surface area contributed by atoms with E-state index < -0.39 is 0 Å². The molecule has 1 aromatic rings. The molecule has 18 heavy (non-hydrogen) atoms. The Labute approximate surface area is 110 Å². The third kappa shape index (κ3) is 4.87. The average Bonchev–Trinajstić information content (AvgIpc) is 2.39. The van der Waals surface area contributed by atoms with Gasteiger partial charge in [0.05, 0.1) is 0 Å². The zero-order valence-corrected chi connectivity index (χ0v) is 11.8. The lowest BCUT2D eigenvalue weighted by Gasteiger charge is -2.19. The van der Waals surface area contributed by atoms with Crippen LogP contribution >= 0.6 is 0 Å². The minimum Gasteiger partial charge on any atom is -0.385 e. The minimum atomic E-state index is 0.423. The van der Waals surface area contributed by atoms with Crippen molar-refractivity contribution < 1.29 is 4.74 Å². The second-order valence-electron chi connectivity index (χ2n) is 4.48. The highest BCUT2D eigenvalue weighted by Gasteiger charge is 2.05. The summed E-state index contributed by atoms with van der Waals surface area (Å²) in [5.41, 5.74) is 0. The largest absolute Gasteiger partial charge is 0.385 e. The van der Waals surface area contributed by atoms with Gasteiger partial charge in [0.1, 0.15) is 18.0 Å². The molecule has 0 aliphatic heterocycles. The molecule has 1 atom stereocenters. The standard InChI is InChI=1S/C13H24N4O/c1-5-11(2)16-12-9-13(15-10-14-12)17(3)7-6-8-18-4/h9-11H,5-8H2,1-4H3,(H,14,15,16). The van der Waals surface area contributed by atoms with E-state index in [-0.39, 0.29) is 0 Å². The molecule has 1 aromatic heterocycles. The maximum Gasteiger partial charge on any atom is 0.133 e. The average molecular weight is 252 g/mol. The van der Waals surface area contributed by atoms with Gasteiger partial charge in [0.15, 0.2) is 0 Å². The summed E-state index contributed by atoms with van der Waals surface area (Å²) in [7, 11) is 3.75. The van der Waals surface area contributed by atoms with Gasteiger partial charge in [-0.15, -0.1) is 0 Å². The van der Waals surface area contributed by atoms with Gasteiger partial charge >= 0.3 is 0 Å². The Morgan fingerprint density at radius 3 is 2.89 bits per heavy atom. The lowest BCUT2D eigenvalue weighted by Crippen LogP contribution is -2.21. The van der Waals surface area contributed by atoms with Crippen molar-refractivity contribution in [1.29, 1.82) is 0 Å². The number of nitrogens with zero attached hydrogens (tertiary/aromatic N) is 3. The second kappa shape index (κ2) is 7.87. The van der Waals surface area contributed by atoms with E-state index in [2.05, 4.69) is 34.0 Å². The summed E-state index contributed by atoms with van der Waals surface area (Å²) in [4.78, 5) is 10.6.